The number of hydrazone groups is 1. The number of aryl methyl sites for hydroxylation is 1. The van der Waals surface area contributed by atoms with E-state index in [-0.39, 0.29) is 16.1 Å². The first-order chi connectivity index (χ1) is 16.0. The summed E-state index contributed by atoms with van der Waals surface area (Å²) in [6.07, 6.45) is -3.83. The van der Waals surface area contributed by atoms with Crippen LogP contribution in [-0.2, 0) is 21.0 Å². The van der Waals surface area contributed by atoms with E-state index < -0.39 is 40.0 Å². The largest absolute Gasteiger partial charge is 0.417 e. The van der Waals surface area contributed by atoms with Gasteiger partial charge < -0.3 is 0 Å². The second kappa shape index (κ2) is 10.0. The summed E-state index contributed by atoms with van der Waals surface area (Å²) >= 11 is 0. The Labute approximate surface area is 193 Å². The van der Waals surface area contributed by atoms with Crippen molar-refractivity contribution >= 4 is 27.8 Å². The smallest absolute Gasteiger partial charge is 0.271 e. The van der Waals surface area contributed by atoms with E-state index in [4.69, 9.17) is 0 Å². The van der Waals surface area contributed by atoms with Crippen molar-refractivity contribution in [2.24, 2.45) is 5.10 Å². The minimum absolute atomic E-state index is 0.170. The zero-order valence-electron chi connectivity index (χ0n) is 17.8. The second-order valence-electron chi connectivity index (χ2n) is 7.15. The first-order valence-corrected chi connectivity index (χ1v) is 11.3. The third kappa shape index (κ3) is 5.79. The van der Waals surface area contributed by atoms with Gasteiger partial charge in [-0.15, -0.1) is 0 Å². The molecule has 0 aliphatic carbocycles. The number of anilines is 1. The highest BCUT2D eigenvalue weighted by Crippen LogP contribution is 2.31. The highest BCUT2D eigenvalue weighted by Gasteiger charge is 2.32. The summed E-state index contributed by atoms with van der Waals surface area (Å²) in [5, 5.41) is 3.51. The fourth-order valence-electron chi connectivity index (χ4n) is 3.00. The van der Waals surface area contributed by atoms with E-state index in [2.05, 4.69) is 5.10 Å². The number of benzene rings is 3. The van der Waals surface area contributed by atoms with Crippen molar-refractivity contribution < 1.29 is 30.8 Å². The van der Waals surface area contributed by atoms with Gasteiger partial charge in [-0.25, -0.2) is 18.2 Å². The van der Waals surface area contributed by atoms with Gasteiger partial charge in [0, 0.05) is 5.56 Å². The molecule has 0 heterocycles. The summed E-state index contributed by atoms with van der Waals surface area (Å²) in [5.74, 6) is -1.87. The Morgan fingerprint density at radius 1 is 1.00 bits per heavy atom. The van der Waals surface area contributed by atoms with Crippen molar-refractivity contribution in [3.63, 3.8) is 0 Å². The number of carbonyl (C=O) groups is 1. The van der Waals surface area contributed by atoms with Gasteiger partial charge in [0.2, 0.25) is 0 Å². The molecule has 0 fully saturated rings. The molecule has 3 aromatic rings. The van der Waals surface area contributed by atoms with E-state index in [1.165, 1.54) is 42.5 Å². The van der Waals surface area contributed by atoms with Crippen molar-refractivity contribution in [1.29, 1.82) is 0 Å². The molecule has 0 aromatic heterocycles. The van der Waals surface area contributed by atoms with Gasteiger partial charge in [-0.05, 0) is 37.3 Å². The van der Waals surface area contributed by atoms with Gasteiger partial charge in [0.1, 0.15) is 12.4 Å². The molecule has 0 spiro atoms. The molecule has 0 radical (unpaired) electrons. The summed E-state index contributed by atoms with van der Waals surface area (Å²) < 4.78 is 80.7. The molecule has 3 aromatic carbocycles. The van der Waals surface area contributed by atoms with Crippen LogP contribution in [0, 0.1) is 12.7 Å². The lowest BCUT2D eigenvalue weighted by atomic mass is 10.1. The molecule has 1 N–H and O–H groups in total. The molecule has 6 nitrogen and oxygen atoms in total. The lowest BCUT2D eigenvalue weighted by molar-refractivity contribution is -0.137. The quantitative estimate of drug-likeness (QED) is 0.299. The van der Waals surface area contributed by atoms with Crippen molar-refractivity contribution in [2.75, 3.05) is 10.8 Å². The van der Waals surface area contributed by atoms with E-state index >= 15 is 0 Å². The van der Waals surface area contributed by atoms with Gasteiger partial charge in [0.05, 0.1) is 22.4 Å². The Hall–Kier alpha value is -3.73. The minimum atomic E-state index is -4.63. The molecule has 178 valence electrons. The van der Waals surface area contributed by atoms with E-state index in [1.54, 1.807) is 19.1 Å². The molecular formula is C23H19F4N3O3S. The lowest BCUT2D eigenvalue weighted by Crippen LogP contribution is -2.40. The van der Waals surface area contributed by atoms with Crippen LogP contribution in [0.1, 0.15) is 16.7 Å². The topological polar surface area (TPSA) is 78.8 Å². The maximum Gasteiger partial charge on any atom is 0.417 e. The summed E-state index contributed by atoms with van der Waals surface area (Å²) in [6, 6.07) is 15.3. The highest BCUT2D eigenvalue weighted by atomic mass is 32.2. The Kier molecular flexibility index (Phi) is 7.35. The Morgan fingerprint density at radius 2 is 1.62 bits per heavy atom. The van der Waals surface area contributed by atoms with Gasteiger partial charge in [-0.2, -0.15) is 18.3 Å². The van der Waals surface area contributed by atoms with Crippen LogP contribution in [0.3, 0.4) is 0 Å². The third-order valence-corrected chi connectivity index (χ3v) is 6.45. The van der Waals surface area contributed by atoms with Gasteiger partial charge in [-0.1, -0.05) is 48.0 Å². The first kappa shape index (κ1) is 24.9. The number of alkyl halides is 3. The van der Waals surface area contributed by atoms with Crippen LogP contribution in [0.4, 0.5) is 23.2 Å². The van der Waals surface area contributed by atoms with Crippen molar-refractivity contribution in [3.8, 4) is 0 Å². The van der Waals surface area contributed by atoms with Gasteiger partial charge >= 0.3 is 6.18 Å². The Bertz CT molecular complexity index is 1310. The third-order valence-electron chi connectivity index (χ3n) is 4.68. The molecule has 34 heavy (non-hydrogen) atoms. The number of rotatable bonds is 7. The number of hydrogen-bond acceptors (Lipinski definition) is 4. The molecular weight excluding hydrogens is 474 g/mol. The van der Waals surface area contributed by atoms with Gasteiger partial charge in [0.15, 0.2) is 0 Å². The van der Waals surface area contributed by atoms with E-state index in [1.807, 2.05) is 5.43 Å². The molecule has 3 rings (SSSR count). The zero-order valence-corrected chi connectivity index (χ0v) is 18.6. The standard InChI is InChI=1S/C23H19F4N3O3S/c1-16-10-12-18(13-11-16)34(32,33)30(21-9-5-4-8-20(21)24)15-22(31)29-28-14-17-6-2-3-7-19(17)23(25,26)27/h2-14H,15H2,1H3,(H,29,31)/b28-14-. The molecule has 11 heteroatoms. The maximum atomic E-state index is 14.5. The number of para-hydroxylation sites is 1. The number of amides is 1. The number of halogens is 4. The van der Waals surface area contributed by atoms with E-state index in [0.29, 0.717) is 4.31 Å². The van der Waals surface area contributed by atoms with E-state index in [0.717, 1.165) is 30.0 Å². The average Bonchev–Trinajstić information content (AvgIpc) is 2.78. The average molecular weight is 493 g/mol. The van der Waals surface area contributed by atoms with Crippen molar-refractivity contribution in [3.05, 3.63) is 95.3 Å². The van der Waals surface area contributed by atoms with Crippen LogP contribution >= 0.6 is 0 Å². The summed E-state index contributed by atoms with van der Waals surface area (Å²) in [4.78, 5) is 12.3. The number of nitrogens with zero attached hydrogens (tertiary/aromatic N) is 2. The first-order valence-electron chi connectivity index (χ1n) is 9.82. The molecule has 0 saturated carbocycles. The van der Waals surface area contributed by atoms with Crippen LogP contribution in [-0.4, -0.2) is 27.1 Å². The fraction of sp³-hybridized carbons (Fsp3) is 0.130. The number of hydrogen-bond donors (Lipinski definition) is 1. The molecule has 1 amide bonds. The summed E-state index contributed by atoms with van der Waals surface area (Å²) in [5.41, 5.74) is 1.17. The van der Waals surface area contributed by atoms with Crippen LogP contribution in [0.2, 0.25) is 0 Å². The van der Waals surface area contributed by atoms with E-state index in [9.17, 15) is 30.8 Å². The SMILES string of the molecule is Cc1ccc(S(=O)(=O)N(CC(=O)N/N=C\c2ccccc2C(F)(F)F)c2ccccc2F)cc1. The molecule has 0 bridgehead atoms. The normalized spacial score (nSPS) is 12.0. The predicted molar refractivity (Wildman–Crippen MR) is 119 cm³/mol. The monoisotopic (exact) mass is 493 g/mol. The van der Waals surface area contributed by atoms with Crippen LogP contribution < -0.4 is 9.73 Å². The highest BCUT2D eigenvalue weighted by molar-refractivity contribution is 7.92. The Balaban J connectivity index is 1.87. The second-order valence-corrected chi connectivity index (χ2v) is 9.02. The summed E-state index contributed by atoms with van der Waals surface area (Å²) in [7, 11) is -4.36. The molecule has 0 unspecified atom stereocenters. The van der Waals surface area contributed by atoms with Crippen molar-refractivity contribution in [2.45, 2.75) is 18.0 Å². The van der Waals surface area contributed by atoms with Crippen LogP contribution in [0.25, 0.3) is 0 Å². The van der Waals surface area contributed by atoms with Gasteiger partial charge in [0.25, 0.3) is 15.9 Å². The summed E-state index contributed by atoms with van der Waals surface area (Å²) in [6.45, 7) is 0.892. The minimum Gasteiger partial charge on any atom is -0.271 e. The molecule has 0 aliphatic heterocycles. The zero-order chi connectivity index (χ0) is 24.9. The van der Waals surface area contributed by atoms with Crippen LogP contribution in [0.15, 0.2) is 82.8 Å². The molecule has 0 aliphatic rings. The molecule has 0 atom stereocenters. The Morgan fingerprint density at radius 3 is 2.26 bits per heavy atom. The number of sulfonamides is 1. The lowest BCUT2D eigenvalue weighted by Gasteiger charge is -2.24. The van der Waals surface area contributed by atoms with Gasteiger partial charge in [-0.3, -0.25) is 9.10 Å². The predicted octanol–water partition coefficient (Wildman–Crippen LogP) is 4.50. The number of nitrogens with one attached hydrogen (secondary N) is 1. The number of carbonyl (C=O) groups excluding carboxylic acids is 1. The van der Waals surface area contributed by atoms with Crippen LogP contribution in [0.5, 0.6) is 0 Å². The maximum absolute atomic E-state index is 14.5. The fourth-order valence-corrected chi connectivity index (χ4v) is 4.43. The molecule has 0 saturated heterocycles. The van der Waals surface area contributed by atoms with Crippen molar-refractivity contribution in [1.82, 2.24) is 5.43 Å².